The number of nitrogens with zero attached hydrogens (tertiary/aromatic N) is 2. The van der Waals surface area contributed by atoms with E-state index >= 15 is 0 Å². The molecule has 2 saturated heterocycles. The van der Waals surface area contributed by atoms with Gasteiger partial charge in [-0.3, -0.25) is 14.6 Å². The smallest absolute Gasteiger partial charge is 0.254 e. The van der Waals surface area contributed by atoms with Gasteiger partial charge >= 0.3 is 0 Å². The van der Waals surface area contributed by atoms with Crippen molar-refractivity contribution in [2.75, 3.05) is 26.3 Å². The zero-order valence-corrected chi connectivity index (χ0v) is 11.1. The van der Waals surface area contributed by atoms with Gasteiger partial charge in [-0.05, 0) is 18.6 Å². The predicted molar refractivity (Wildman–Crippen MR) is 70.7 cm³/mol. The van der Waals surface area contributed by atoms with E-state index in [1.807, 2.05) is 0 Å². The quantitative estimate of drug-likeness (QED) is 0.826. The Morgan fingerprint density at radius 3 is 2.80 bits per heavy atom. The molecule has 2 amide bonds. The third kappa shape index (κ3) is 1.96. The summed E-state index contributed by atoms with van der Waals surface area (Å²) in [7, 11) is 0. The average molecular weight is 275 g/mol. The number of carbonyl (C=O) groups excluding carboxylic acids is 2. The molecule has 2 aliphatic heterocycles. The van der Waals surface area contributed by atoms with Crippen LogP contribution in [-0.2, 0) is 9.53 Å². The van der Waals surface area contributed by atoms with Crippen molar-refractivity contribution in [3.63, 3.8) is 0 Å². The van der Waals surface area contributed by atoms with Crippen molar-refractivity contribution in [3.05, 3.63) is 30.1 Å². The molecule has 0 aliphatic carbocycles. The van der Waals surface area contributed by atoms with Crippen LogP contribution in [0.1, 0.15) is 16.8 Å². The molecule has 0 aromatic carbocycles. The normalized spacial score (nSPS) is 29.0. The number of hydrogen-bond acceptors (Lipinski definition) is 4. The third-order valence-corrected chi connectivity index (χ3v) is 4.41. The lowest BCUT2D eigenvalue weighted by molar-refractivity contribution is -0.135. The van der Waals surface area contributed by atoms with Crippen LogP contribution in [0.5, 0.6) is 0 Å². The van der Waals surface area contributed by atoms with E-state index in [0.29, 0.717) is 38.3 Å². The largest absolute Gasteiger partial charge is 0.381 e. The first kappa shape index (κ1) is 13.1. The Kier molecular flexibility index (Phi) is 3.17. The Morgan fingerprint density at radius 1 is 1.40 bits per heavy atom. The van der Waals surface area contributed by atoms with Crippen molar-refractivity contribution >= 4 is 11.8 Å². The molecule has 0 bridgehead atoms. The molecule has 1 aromatic rings. The number of fused-ring (bicyclic) bond motifs is 1. The summed E-state index contributed by atoms with van der Waals surface area (Å²) in [5.41, 5.74) is 5.56. The lowest BCUT2D eigenvalue weighted by Gasteiger charge is -2.34. The van der Waals surface area contributed by atoms with E-state index < -0.39 is 5.41 Å². The molecule has 0 spiro atoms. The van der Waals surface area contributed by atoms with E-state index in [9.17, 15) is 9.59 Å². The van der Waals surface area contributed by atoms with Crippen molar-refractivity contribution in [1.82, 2.24) is 9.88 Å². The zero-order valence-electron chi connectivity index (χ0n) is 11.1. The van der Waals surface area contributed by atoms with Gasteiger partial charge in [-0.1, -0.05) is 0 Å². The number of likely N-dealkylation sites (tertiary alicyclic amines) is 1. The van der Waals surface area contributed by atoms with Gasteiger partial charge in [-0.25, -0.2) is 0 Å². The van der Waals surface area contributed by atoms with E-state index in [1.54, 1.807) is 29.4 Å². The number of rotatable bonds is 2. The van der Waals surface area contributed by atoms with Gasteiger partial charge in [0.2, 0.25) is 5.91 Å². The second-order valence-electron chi connectivity index (χ2n) is 5.46. The number of aromatic nitrogens is 1. The fourth-order valence-corrected chi connectivity index (χ4v) is 3.18. The zero-order chi connectivity index (χ0) is 14.2. The van der Waals surface area contributed by atoms with Gasteiger partial charge in [-0.15, -0.1) is 0 Å². The Labute approximate surface area is 116 Å². The number of ether oxygens (including phenoxy) is 1. The highest BCUT2D eigenvalue weighted by Gasteiger charge is 2.53. The SMILES string of the molecule is NC(=O)[C@]12CCOC[C@H]1CN(C(=O)c1ccncc1)C2. The molecule has 106 valence electrons. The molecule has 0 radical (unpaired) electrons. The number of hydrogen-bond donors (Lipinski definition) is 1. The van der Waals surface area contributed by atoms with Crippen LogP contribution in [-0.4, -0.2) is 48.0 Å². The van der Waals surface area contributed by atoms with Crippen molar-refractivity contribution in [2.24, 2.45) is 17.1 Å². The lowest BCUT2D eigenvalue weighted by atomic mass is 9.74. The van der Waals surface area contributed by atoms with Gasteiger partial charge < -0.3 is 15.4 Å². The molecule has 6 heteroatoms. The molecule has 6 nitrogen and oxygen atoms in total. The number of carbonyl (C=O) groups is 2. The van der Waals surface area contributed by atoms with Crippen molar-refractivity contribution in [2.45, 2.75) is 6.42 Å². The maximum atomic E-state index is 12.5. The van der Waals surface area contributed by atoms with E-state index in [2.05, 4.69) is 4.98 Å². The second kappa shape index (κ2) is 4.86. The van der Waals surface area contributed by atoms with Gasteiger partial charge in [0, 0.05) is 43.6 Å². The van der Waals surface area contributed by atoms with E-state index in [-0.39, 0.29) is 17.7 Å². The molecule has 3 rings (SSSR count). The fraction of sp³-hybridized carbons (Fsp3) is 0.500. The van der Waals surface area contributed by atoms with Crippen LogP contribution in [0.3, 0.4) is 0 Å². The molecule has 20 heavy (non-hydrogen) atoms. The topological polar surface area (TPSA) is 85.5 Å². The van der Waals surface area contributed by atoms with E-state index in [4.69, 9.17) is 10.5 Å². The highest BCUT2D eigenvalue weighted by molar-refractivity contribution is 5.95. The van der Waals surface area contributed by atoms with Crippen LogP contribution in [0, 0.1) is 11.3 Å². The van der Waals surface area contributed by atoms with Crippen LogP contribution < -0.4 is 5.73 Å². The Morgan fingerprint density at radius 2 is 2.15 bits per heavy atom. The monoisotopic (exact) mass is 275 g/mol. The van der Waals surface area contributed by atoms with Crippen LogP contribution in [0.4, 0.5) is 0 Å². The summed E-state index contributed by atoms with van der Waals surface area (Å²) in [4.78, 5) is 30.0. The summed E-state index contributed by atoms with van der Waals surface area (Å²) in [6.07, 6.45) is 3.76. The predicted octanol–water partition coefficient (Wildman–Crippen LogP) is 0.0456. The number of primary amides is 1. The first-order valence-electron chi connectivity index (χ1n) is 6.70. The minimum Gasteiger partial charge on any atom is -0.381 e. The summed E-state index contributed by atoms with van der Waals surface area (Å²) in [5, 5.41) is 0. The summed E-state index contributed by atoms with van der Waals surface area (Å²) >= 11 is 0. The molecule has 2 fully saturated rings. The van der Waals surface area contributed by atoms with Crippen LogP contribution in [0.2, 0.25) is 0 Å². The van der Waals surface area contributed by atoms with Gasteiger partial charge in [0.1, 0.15) is 0 Å². The molecule has 1 aromatic heterocycles. The minimum atomic E-state index is -0.624. The molecule has 2 aliphatic rings. The molecule has 0 saturated carbocycles. The van der Waals surface area contributed by atoms with Gasteiger partial charge in [-0.2, -0.15) is 0 Å². The van der Waals surface area contributed by atoms with Gasteiger partial charge in [0.25, 0.3) is 5.91 Å². The molecule has 3 heterocycles. The Bertz CT molecular complexity index is 534. The highest BCUT2D eigenvalue weighted by Crippen LogP contribution is 2.42. The molecule has 2 N–H and O–H groups in total. The number of amides is 2. The standard InChI is InChI=1S/C14H17N3O3/c15-13(19)14-3-6-20-8-11(14)7-17(9-14)12(18)10-1-4-16-5-2-10/h1-2,4-5,11H,3,6-9H2,(H2,15,19)/t11-,14+/m1/s1. The van der Waals surface area contributed by atoms with Crippen LogP contribution in [0.25, 0.3) is 0 Å². The first-order valence-corrected chi connectivity index (χ1v) is 6.70. The Hall–Kier alpha value is -1.95. The fourth-order valence-electron chi connectivity index (χ4n) is 3.18. The average Bonchev–Trinajstić information content (AvgIpc) is 2.88. The Balaban J connectivity index is 1.84. The van der Waals surface area contributed by atoms with Crippen molar-refractivity contribution in [3.8, 4) is 0 Å². The maximum Gasteiger partial charge on any atom is 0.254 e. The van der Waals surface area contributed by atoms with Crippen LogP contribution >= 0.6 is 0 Å². The van der Waals surface area contributed by atoms with Crippen molar-refractivity contribution < 1.29 is 14.3 Å². The van der Waals surface area contributed by atoms with E-state index in [1.165, 1.54) is 0 Å². The van der Waals surface area contributed by atoms with Crippen molar-refractivity contribution in [1.29, 1.82) is 0 Å². The van der Waals surface area contributed by atoms with Gasteiger partial charge in [0.05, 0.1) is 12.0 Å². The molecular formula is C14H17N3O3. The summed E-state index contributed by atoms with van der Waals surface area (Å²) in [6.45, 7) is 1.92. The minimum absolute atomic E-state index is 0.000428. The summed E-state index contributed by atoms with van der Waals surface area (Å²) in [6, 6.07) is 3.36. The maximum absolute atomic E-state index is 12.5. The van der Waals surface area contributed by atoms with Crippen LogP contribution in [0.15, 0.2) is 24.5 Å². The summed E-state index contributed by atoms with van der Waals surface area (Å²) in [5.74, 6) is -0.405. The van der Waals surface area contributed by atoms with E-state index in [0.717, 1.165) is 0 Å². The molecule has 0 unspecified atom stereocenters. The summed E-state index contributed by atoms with van der Waals surface area (Å²) < 4.78 is 5.44. The molecular weight excluding hydrogens is 258 g/mol. The second-order valence-corrected chi connectivity index (χ2v) is 5.46. The number of pyridine rings is 1. The van der Waals surface area contributed by atoms with Gasteiger partial charge in [0.15, 0.2) is 0 Å². The third-order valence-electron chi connectivity index (χ3n) is 4.41. The lowest BCUT2D eigenvalue weighted by Crippen LogP contribution is -2.48. The number of nitrogens with two attached hydrogens (primary N) is 1. The first-order chi connectivity index (χ1) is 9.63. The highest BCUT2D eigenvalue weighted by atomic mass is 16.5. The molecule has 2 atom stereocenters.